The quantitative estimate of drug-likeness (QED) is 0.261. The molecule has 30 heavy (non-hydrogen) atoms. The molecule has 0 atom stereocenters. The van der Waals surface area contributed by atoms with Crippen LogP contribution >= 0.6 is 23.4 Å². The average Bonchev–Trinajstić information content (AvgIpc) is 3.15. The normalized spacial score (nSPS) is 11.0. The minimum Gasteiger partial charge on any atom is -0.483 e. The van der Waals surface area contributed by atoms with E-state index in [0.29, 0.717) is 23.1 Å². The Labute approximate surface area is 182 Å². The summed E-state index contributed by atoms with van der Waals surface area (Å²) in [5, 5.41) is 10.8. The summed E-state index contributed by atoms with van der Waals surface area (Å²) >= 11 is 7.82. The van der Waals surface area contributed by atoms with Crippen molar-refractivity contribution in [3.8, 4) is 5.75 Å². The molecular formula is C22H18ClFN4OS. The van der Waals surface area contributed by atoms with Gasteiger partial charge >= 0.3 is 0 Å². The zero-order chi connectivity index (χ0) is 20.9. The summed E-state index contributed by atoms with van der Waals surface area (Å²) in [4.78, 5) is 4.48. The van der Waals surface area contributed by atoms with Crippen LogP contribution in [0.15, 0.2) is 72.5 Å². The van der Waals surface area contributed by atoms with E-state index in [1.807, 2.05) is 28.8 Å². The van der Waals surface area contributed by atoms with Gasteiger partial charge in [0.1, 0.15) is 6.61 Å². The number of hydrogen-bond acceptors (Lipinski definition) is 5. The third kappa shape index (κ3) is 4.32. The maximum Gasteiger partial charge on any atom is 0.191 e. The van der Waals surface area contributed by atoms with Crippen LogP contribution in [0.5, 0.6) is 5.75 Å². The minimum absolute atomic E-state index is 0.105. The highest BCUT2D eigenvalue weighted by molar-refractivity contribution is 7.98. The molecule has 5 nitrogen and oxygen atoms in total. The van der Waals surface area contributed by atoms with Crippen molar-refractivity contribution in [2.75, 3.05) is 0 Å². The number of ether oxygens (including phenoxy) is 1. The lowest BCUT2D eigenvalue weighted by Gasteiger charge is -2.10. The SMILES string of the molecule is C=CCn1c(COc2ccccc2F)nnc1SCc1ccc(Cl)c2cccnc12. The molecule has 0 aliphatic rings. The maximum atomic E-state index is 13.8. The van der Waals surface area contributed by atoms with Crippen LogP contribution in [0.4, 0.5) is 4.39 Å². The monoisotopic (exact) mass is 440 g/mol. The van der Waals surface area contributed by atoms with Crippen LogP contribution in [0.3, 0.4) is 0 Å². The van der Waals surface area contributed by atoms with E-state index in [1.54, 1.807) is 30.5 Å². The van der Waals surface area contributed by atoms with Crippen LogP contribution in [0.25, 0.3) is 10.9 Å². The fourth-order valence-corrected chi connectivity index (χ4v) is 4.17. The van der Waals surface area contributed by atoms with Gasteiger partial charge in [0.2, 0.25) is 0 Å². The Morgan fingerprint density at radius 3 is 2.83 bits per heavy atom. The van der Waals surface area contributed by atoms with E-state index in [1.165, 1.54) is 17.8 Å². The van der Waals surface area contributed by atoms with Gasteiger partial charge in [-0.1, -0.05) is 47.6 Å². The largest absolute Gasteiger partial charge is 0.483 e. The van der Waals surface area contributed by atoms with Crippen molar-refractivity contribution < 1.29 is 9.13 Å². The van der Waals surface area contributed by atoms with Gasteiger partial charge in [-0.2, -0.15) is 0 Å². The number of fused-ring (bicyclic) bond motifs is 1. The Morgan fingerprint density at radius 1 is 1.13 bits per heavy atom. The van der Waals surface area contributed by atoms with Gasteiger partial charge in [-0.05, 0) is 35.9 Å². The zero-order valence-electron chi connectivity index (χ0n) is 16.0. The van der Waals surface area contributed by atoms with Gasteiger partial charge in [-0.25, -0.2) is 4.39 Å². The molecule has 0 N–H and O–H groups in total. The van der Waals surface area contributed by atoms with Gasteiger partial charge in [0, 0.05) is 28.9 Å². The summed E-state index contributed by atoms with van der Waals surface area (Å²) in [5.74, 6) is 1.01. The molecule has 4 rings (SSSR count). The first-order valence-electron chi connectivity index (χ1n) is 9.22. The molecule has 2 aromatic heterocycles. The van der Waals surface area contributed by atoms with Crippen molar-refractivity contribution in [1.82, 2.24) is 19.7 Å². The summed E-state index contributed by atoms with van der Waals surface area (Å²) in [6.45, 7) is 4.43. The molecule has 0 fully saturated rings. The molecule has 2 aromatic carbocycles. The standard InChI is InChI=1S/C22H18ClFN4OS/c1-2-12-28-20(13-29-19-8-4-3-7-18(19)24)26-27-22(28)30-14-15-9-10-17(23)16-6-5-11-25-21(15)16/h2-11H,1,12-14H2. The topological polar surface area (TPSA) is 52.8 Å². The number of pyridine rings is 1. The number of rotatable bonds is 8. The molecule has 0 aliphatic carbocycles. The number of para-hydroxylation sites is 1. The molecular weight excluding hydrogens is 423 g/mol. The van der Waals surface area contributed by atoms with Crippen molar-refractivity contribution in [1.29, 1.82) is 0 Å². The summed E-state index contributed by atoms with van der Waals surface area (Å²) < 4.78 is 21.3. The first-order valence-corrected chi connectivity index (χ1v) is 10.6. The number of benzene rings is 2. The molecule has 2 heterocycles. The Balaban J connectivity index is 1.53. The lowest BCUT2D eigenvalue weighted by atomic mass is 10.1. The molecule has 8 heteroatoms. The second-order valence-electron chi connectivity index (χ2n) is 6.41. The van der Waals surface area contributed by atoms with E-state index < -0.39 is 5.82 Å². The van der Waals surface area contributed by atoms with E-state index in [0.717, 1.165) is 21.6 Å². The second-order valence-corrected chi connectivity index (χ2v) is 7.76. The molecule has 0 spiro atoms. The average molecular weight is 441 g/mol. The van der Waals surface area contributed by atoms with Gasteiger partial charge < -0.3 is 4.74 Å². The lowest BCUT2D eigenvalue weighted by molar-refractivity contribution is 0.275. The fraction of sp³-hybridized carbons (Fsp3) is 0.136. The molecule has 0 saturated heterocycles. The van der Waals surface area contributed by atoms with Crippen molar-refractivity contribution in [3.63, 3.8) is 0 Å². The first kappa shape index (κ1) is 20.4. The lowest BCUT2D eigenvalue weighted by Crippen LogP contribution is -2.08. The van der Waals surface area contributed by atoms with Crippen LogP contribution in [-0.4, -0.2) is 19.7 Å². The number of nitrogens with zero attached hydrogens (tertiary/aromatic N) is 4. The highest BCUT2D eigenvalue weighted by Gasteiger charge is 2.15. The van der Waals surface area contributed by atoms with Gasteiger partial charge in [0.05, 0.1) is 5.52 Å². The number of aromatic nitrogens is 4. The molecule has 0 unspecified atom stereocenters. The highest BCUT2D eigenvalue weighted by atomic mass is 35.5. The zero-order valence-corrected chi connectivity index (χ0v) is 17.5. The number of halogens is 2. The van der Waals surface area contributed by atoms with Crippen LogP contribution in [0, 0.1) is 5.82 Å². The van der Waals surface area contributed by atoms with E-state index in [9.17, 15) is 4.39 Å². The molecule has 4 aromatic rings. The minimum atomic E-state index is -0.413. The predicted octanol–water partition coefficient (Wildman–Crippen LogP) is 5.68. The summed E-state index contributed by atoms with van der Waals surface area (Å²) in [6, 6.07) is 14.0. The molecule has 0 aliphatic heterocycles. The van der Waals surface area contributed by atoms with Crippen LogP contribution in [-0.2, 0) is 18.9 Å². The van der Waals surface area contributed by atoms with E-state index >= 15 is 0 Å². The third-order valence-electron chi connectivity index (χ3n) is 4.46. The molecule has 0 saturated carbocycles. The highest BCUT2D eigenvalue weighted by Crippen LogP contribution is 2.30. The smallest absolute Gasteiger partial charge is 0.191 e. The predicted molar refractivity (Wildman–Crippen MR) is 117 cm³/mol. The fourth-order valence-electron chi connectivity index (χ4n) is 3.00. The van der Waals surface area contributed by atoms with Crippen LogP contribution in [0.1, 0.15) is 11.4 Å². The molecule has 0 radical (unpaired) electrons. The van der Waals surface area contributed by atoms with Crippen molar-refractivity contribution >= 4 is 34.3 Å². The second kappa shape index (κ2) is 9.28. The summed E-state index contributed by atoms with van der Waals surface area (Å²) in [5.41, 5.74) is 1.92. The summed E-state index contributed by atoms with van der Waals surface area (Å²) in [7, 11) is 0. The summed E-state index contributed by atoms with van der Waals surface area (Å²) in [6.07, 6.45) is 3.52. The Kier molecular flexibility index (Phi) is 6.30. The first-order chi connectivity index (χ1) is 14.7. The molecule has 152 valence electrons. The van der Waals surface area contributed by atoms with Crippen LogP contribution in [0.2, 0.25) is 5.02 Å². The van der Waals surface area contributed by atoms with Crippen molar-refractivity contribution in [2.45, 2.75) is 24.1 Å². The van der Waals surface area contributed by atoms with E-state index in [2.05, 4.69) is 21.8 Å². The van der Waals surface area contributed by atoms with E-state index in [4.69, 9.17) is 16.3 Å². The van der Waals surface area contributed by atoms with Gasteiger partial charge in [-0.15, -0.1) is 16.8 Å². The van der Waals surface area contributed by atoms with Gasteiger partial charge in [0.15, 0.2) is 22.5 Å². The number of thioether (sulfide) groups is 1. The van der Waals surface area contributed by atoms with Crippen molar-refractivity contribution in [2.24, 2.45) is 0 Å². The van der Waals surface area contributed by atoms with Crippen molar-refractivity contribution in [3.05, 3.63) is 89.6 Å². The Morgan fingerprint density at radius 2 is 2.00 bits per heavy atom. The third-order valence-corrected chi connectivity index (χ3v) is 5.80. The number of hydrogen-bond donors (Lipinski definition) is 0. The molecule has 0 amide bonds. The van der Waals surface area contributed by atoms with Gasteiger partial charge in [-0.3, -0.25) is 9.55 Å². The van der Waals surface area contributed by atoms with E-state index in [-0.39, 0.29) is 12.4 Å². The maximum absolute atomic E-state index is 13.8. The Hall–Kier alpha value is -2.90. The number of allylic oxidation sites excluding steroid dienone is 1. The van der Waals surface area contributed by atoms with Gasteiger partial charge in [0.25, 0.3) is 0 Å². The van der Waals surface area contributed by atoms with Crippen LogP contribution < -0.4 is 4.74 Å². The molecule has 0 bridgehead atoms. The Bertz CT molecular complexity index is 1200.